The summed E-state index contributed by atoms with van der Waals surface area (Å²) in [5.41, 5.74) is 14.5. The van der Waals surface area contributed by atoms with Crippen molar-refractivity contribution in [2.24, 2.45) is 5.92 Å². The molecule has 2 aliphatic heterocycles. The molecule has 0 aliphatic carbocycles. The second-order valence-corrected chi connectivity index (χ2v) is 9.18. The van der Waals surface area contributed by atoms with Crippen molar-refractivity contribution in [3.05, 3.63) is 52.9 Å². The van der Waals surface area contributed by atoms with Crippen LogP contribution in [0.25, 0.3) is 21.9 Å². The maximum Gasteiger partial charge on any atom is 0.162 e. The van der Waals surface area contributed by atoms with Crippen LogP contribution in [0.2, 0.25) is 0 Å². The van der Waals surface area contributed by atoms with Gasteiger partial charge in [-0.1, -0.05) is 12.1 Å². The molecule has 5 N–H and O–H groups in total. The number of aliphatic hydroxyl groups excluding tert-OH is 1. The van der Waals surface area contributed by atoms with Gasteiger partial charge in [0.05, 0.1) is 34.2 Å². The van der Waals surface area contributed by atoms with E-state index in [1.165, 1.54) is 6.33 Å². The van der Waals surface area contributed by atoms with Gasteiger partial charge in [0.1, 0.15) is 29.7 Å². The molecule has 2 aliphatic rings. The van der Waals surface area contributed by atoms with Crippen LogP contribution in [0.3, 0.4) is 0 Å². The first-order valence-electron chi connectivity index (χ1n) is 10.4. The van der Waals surface area contributed by atoms with Crippen molar-refractivity contribution in [1.82, 2.24) is 19.5 Å². The SMILES string of the molecule is Nc1nc2cc(C[C@@H]3OCC4[C@@H](O)[C@H](n5ccc6c(N)ncnc65)O[C@@H]43)ccc2cc1Br. The average molecular weight is 497 g/mol. The van der Waals surface area contributed by atoms with Crippen LogP contribution in [0.5, 0.6) is 0 Å². The molecule has 6 rings (SSSR count). The topological polar surface area (TPSA) is 134 Å². The number of pyridine rings is 1. The van der Waals surface area contributed by atoms with Gasteiger partial charge in [0, 0.05) is 23.9 Å². The molecule has 0 amide bonds. The molecule has 0 saturated carbocycles. The molecule has 0 bridgehead atoms. The molecule has 2 fully saturated rings. The van der Waals surface area contributed by atoms with Crippen LogP contribution in [-0.2, 0) is 15.9 Å². The third kappa shape index (κ3) is 3.06. The Balaban J connectivity index is 1.26. The standard InChI is InChI=1S/C22H21BrN6O3/c23-14-7-11-2-1-10(5-15(11)28-20(14)25)6-16-18-13(8-31-16)17(30)22(32-18)29-4-3-12-19(24)26-9-27-21(12)29/h1-5,7,9,13,16-18,22,30H,6,8H2,(H2,25,28)(H2,24,26,27)/t13?,16-,17+,18-,22+/m0/s1. The molecule has 0 spiro atoms. The highest BCUT2D eigenvalue weighted by Gasteiger charge is 2.52. The highest BCUT2D eigenvalue weighted by atomic mass is 79.9. The zero-order valence-corrected chi connectivity index (χ0v) is 18.5. The van der Waals surface area contributed by atoms with Gasteiger partial charge in [0.15, 0.2) is 6.23 Å². The highest BCUT2D eigenvalue weighted by Crippen LogP contribution is 2.42. The lowest BCUT2D eigenvalue weighted by Crippen LogP contribution is -2.28. The zero-order chi connectivity index (χ0) is 22.0. The number of fused-ring (bicyclic) bond motifs is 3. The minimum Gasteiger partial charge on any atom is -0.388 e. The number of rotatable bonds is 3. The molecule has 10 heteroatoms. The van der Waals surface area contributed by atoms with Gasteiger partial charge in [0.2, 0.25) is 0 Å². The van der Waals surface area contributed by atoms with Crippen LogP contribution in [0.4, 0.5) is 11.6 Å². The van der Waals surface area contributed by atoms with E-state index in [-0.39, 0.29) is 18.1 Å². The van der Waals surface area contributed by atoms with Crippen molar-refractivity contribution in [3.63, 3.8) is 0 Å². The average Bonchev–Trinajstić information content (AvgIpc) is 3.45. The maximum atomic E-state index is 11.0. The second-order valence-electron chi connectivity index (χ2n) is 8.32. The first-order valence-corrected chi connectivity index (χ1v) is 11.2. The number of anilines is 2. The van der Waals surface area contributed by atoms with Crippen LogP contribution in [0.1, 0.15) is 11.8 Å². The van der Waals surface area contributed by atoms with Crippen molar-refractivity contribution < 1.29 is 14.6 Å². The van der Waals surface area contributed by atoms with Gasteiger partial charge in [-0.3, -0.25) is 0 Å². The fraction of sp³-hybridized carbons (Fsp3) is 0.318. The quantitative estimate of drug-likeness (QED) is 0.393. The zero-order valence-electron chi connectivity index (χ0n) is 16.9. The van der Waals surface area contributed by atoms with Crippen LogP contribution < -0.4 is 11.5 Å². The smallest absolute Gasteiger partial charge is 0.162 e. The summed E-state index contributed by atoms with van der Waals surface area (Å²) in [6.07, 6.45) is 2.22. The highest BCUT2D eigenvalue weighted by molar-refractivity contribution is 9.10. The number of nitrogens with zero attached hydrogens (tertiary/aromatic N) is 4. The van der Waals surface area contributed by atoms with Gasteiger partial charge in [-0.25, -0.2) is 15.0 Å². The van der Waals surface area contributed by atoms with Crippen molar-refractivity contribution in [3.8, 4) is 0 Å². The molecule has 1 unspecified atom stereocenters. The van der Waals surface area contributed by atoms with E-state index < -0.39 is 12.3 Å². The lowest BCUT2D eigenvalue weighted by molar-refractivity contribution is -0.0796. The lowest BCUT2D eigenvalue weighted by Gasteiger charge is -2.21. The summed E-state index contributed by atoms with van der Waals surface area (Å²) in [4.78, 5) is 12.8. The van der Waals surface area contributed by atoms with E-state index in [9.17, 15) is 5.11 Å². The molecule has 3 aromatic heterocycles. The van der Waals surface area contributed by atoms with Gasteiger partial charge in [-0.05, 0) is 39.7 Å². The number of benzene rings is 1. The monoisotopic (exact) mass is 496 g/mol. The predicted molar refractivity (Wildman–Crippen MR) is 123 cm³/mol. The van der Waals surface area contributed by atoms with Crippen LogP contribution in [0.15, 0.2) is 47.3 Å². The van der Waals surface area contributed by atoms with Crippen molar-refractivity contribution in [2.75, 3.05) is 18.1 Å². The molecule has 0 radical (unpaired) electrons. The summed E-state index contributed by atoms with van der Waals surface area (Å²) in [5.74, 6) is 0.743. The minimum atomic E-state index is -0.716. The first-order chi connectivity index (χ1) is 15.5. The van der Waals surface area contributed by atoms with Crippen molar-refractivity contribution in [2.45, 2.75) is 31.0 Å². The normalized spacial score (nSPS) is 27.4. The second kappa shape index (κ2) is 7.38. The lowest BCUT2D eigenvalue weighted by atomic mass is 9.95. The van der Waals surface area contributed by atoms with Gasteiger partial charge in [-0.15, -0.1) is 0 Å². The predicted octanol–water partition coefficient (Wildman–Crippen LogP) is 2.42. The number of hydrogen-bond donors (Lipinski definition) is 3. The molecule has 9 nitrogen and oxygen atoms in total. The number of nitrogen functional groups attached to an aromatic ring is 2. The molecule has 4 aromatic rings. The molecular formula is C22H21BrN6O3. The number of aromatic nitrogens is 4. The van der Waals surface area contributed by atoms with E-state index in [1.807, 2.05) is 35.0 Å². The van der Waals surface area contributed by atoms with Gasteiger partial charge in [0.25, 0.3) is 0 Å². The number of nitrogens with two attached hydrogens (primary N) is 2. The number of aliphatic hydroxyl groups is 1. The van der Waals surface area contributed by atoms with E-state index in [1.54, 1.807) is 0 Å². The number of ether oxygens (including phenoxy) is 2. The minimum absolute atomic E-state index is 0.119. The maximum absolute atomic E-state index is 11.0. The molecular weight excluding hydrogens is 476 g/mol. The molecule has 32 heavy (non-hydrogen) atoms. The van der Waals surface area contributed by atoms with Crippen molar-refractivity contribution >= 4 is 49.5 Å². The molecule has 5 heterocycles. The largest absolute Gasteiger partial charge is 0.388 e. The van der Waals surface area contributed by atoms with E-state index in [4.69, 9.17) is 20.9 Å². The van der Waals surface area contributed by atoms with Crippen LogP contribution in [0, 0.1) is 5.92 Å². The Morgan fingerprint density at radius 3 is 2.91 bits per heavy atom. The third-order valence-corrected chi connectivity index (χ3v) is 7.07. The number of halogens is 1. The summed E-state index contributed by atoms with van der Waals surface area (Å²) in [6, 6.07) is 9.91. The summed E-state index contributed by atoms with van der Waals surface area (Å²) in [5, 5.41) is 12.8. The molecule has 2 saturated heterocycles. The van der Waals surface area contributed by atoms with Crippen molar-refractivity contribution in [1.29, 1.82) is 0 Å². The van der Waals surface area contributed by atoms with E-state index >= 15 is 0 Å². The number of hydrogen-bond acceptors (Lipinski definition) is 8. The Bertz CT molecular complexity index is 1340. The van der Waals surface area contributed by atoms with Gasteiger partial charge in [-0.2, -0.15) is 0 Å². The summed E-state index contributed by atoms with van der Waals surface area (Å²) in [6.45, 7) is 0.440. The van der Waals surface area contributed by atoms with Crippen LogP contribution in [-0.4, -0.2) is 49.5 Å². The first kappa shape index (κ1) is 19.9. The Hall–Kier alpha value is -2.79. The fourth-order valence-corrected chi connectivity index (χ4v) is 5.13. The van der Waals surface area contributed by atoms with E-state index in [2.05, 4.69) is 36.9 Å². The molecule has 164 valence electrons. The Labute approximate surface area is 191 Å². The van der Waals surface area contributed by atoms with Gasteiger partial charge < -0.3 is 30.6 Å². The Morgan fingerprint density at radius 2 is 2.03 bits per heavy atom. The molecule has 1 aromatic carbocycles. The van der Waals surface area contributed by atoms with E-state index in [0.717, 1.165) is 26.3 Å². The molecule has 5 atom stereocenters. The van der Waals surface area contributed by atoms with Crippen LogP contribution >= 0.6 is 15.9 Å². The van der Waals surface area contributed by atoms with Gasteiger partial charge >= 0.3 is 0 Å². The van der Waals surface area contributed by atoms with E-state index in [0.29, 0.717) is 30.3 Å². The Morgan fingerprint density at radius 1 is 1.16 bits per heavy atom. The third-order valence-electron chi connectivity index (χ3n) is 6.43. The fourth-order valence-electron chi connectivity index (χ4n) is 4.80. The summed E-state index contributed by atoms with van der Waals surface area (Å²) in [7, 11) is 0. The Kier molecular flexibility index (Phi) is 4.58. The summed E-state index contributed by atoms with van der Waals surface area (Å²) >= 11 is 3.42. The summed E-state index contributed by atoms with van der Waals surface area (Å²) < 4.78 is 15.0.